The van der Waals surface area contributed by atoms with Gasteiger partial charge in [0, 0.05) is 26.1 Å². The van der Waals surface area contributed by atoms with Crippen molar-refractivity contribution in [2.24, 2.45) is 23.5 Å². The van der Waals surface area contributed by atoms with E-state index in [9.17, 15) is 54.6 Å². The minimum Gasteiger partial charge on any atom is -0.388 e. The van der Waals surface area contributed by atoms with E-state index in [-0.39, 0.29) is 45.7 Å². The maximum atomic E-state index is 13.2. The molecule has 20 heteroatoms. The van der Waals surface area contributed by atoms with Crippen molar-refractivity contribution in [3.05, 3.63) is 35.9 Å². The number of rotatable bonds is 20. The van der Waals surface area contributed by atoms with Gasteiger partial charge in [0.1, 0.15) is 36.6 Å². The third kappa shape index (κ3) is 12.9. The van der Waals surface area contributed by atoms with Crippen molar-refractivity contribution in [3.63, 3.8) is 0 Å². The molecule has 4 rings (SSSR count). The van der Waals surface area contributed by atoms with Gasteiger partial charge < -0.3 is 71.3 Å². The van der Waals surface area contributed by atoms with Gasteiger partial charge >= 0.3 is 0 Å². The summed E-state index contributed by atoms with van der Waals surface area (Å²) in [6.45, 7) is 2.61. The molecule has 1 aromatic carbocycles. The highest BCUT2D eigenvalue weighted by atomic mass is 16.7. The number of ether oxygens (including phenoxy) is 4. The molecule has 0 radical (unpaired) electrons. The van der Waals surface area contributed by atoms with Crippen molar-refractivity contribution in [1.82, 2.24) is 21.3 Å². The van der Waals surface area contributed by atoms with E-state index in [0.29, 0.717) is 19.3 Å². The molecule has 2 heterocycles. The third-order valence-corrected chi connectivity index (χ3v) is 10.2. The summed E-state index contributed by atoms with van der Waals surface area (Å²) < 4.78 is 21.6. The summed E-state index contributed by atoms with van der Waals surface area (Å²) >= 11 is 0. The molecular weight excluding hydrogens is 754 g/mol. The van der Waals surface area contributed by atoms with Gasteiger partial charge in [0.2, 0.25) is 29.5 Å². The van der Waals surface area contributed by atoms with Crippen LogP contribution in [0.2, 0.25) is 0 Å². The monoisotopic (exact) mass is 811 g/mol. The number of unbranched alkanes of at least 4 members (excludes halogenated alkanes) is 2. The molecule has 12 N–H and O–H groups in total. The maximum Gasteiger partial charge on any atom is 0.243 e. The van der Waals surface area contributed by atoms with Crippen LogP contribution in [0.4, 0.5) is 0 Å². The first kappa shape index (κ1) is 46.0. The second-order valence-corrected chi connectivity index (χ2v) is 14.6. The maximum absolute atomic E-state index is 13.2. The highest BCUT2D eigenvalue weighted by Crippen LogP contribution is 2.47. The van der Waals surface area contributed by atoms with Gasteiger partial charge in [-0.1, -0.05) is 36.8 Å². The number of imide groups is 1. The minimum atomic E-state index is -1.54. The van der Waals surface area contributed by atoms with E-state index >= 15 is 0 Å². The van der Waals surface area contributed by atoms with Crippen LogP contribution in [0.1, 0.15) is 45.1 Å². The van der Waals surface area contributed by atoms with Gasteiger partial charge in [0.25, 0.3) is 0 Å². The zero-order chi connectivity index (χ0) is 41.8. The van der Waals surface area contributed by atoms with Gasteiger partial charge in [-0.3, -0.25) is 29.3 Å². The predicted octanol–water partition coefficient (Wildman–Crippen LogP) is -4.34. The van der Waals surface area contributed by atoms with Crippen LogP contribution in [0.3, 0.4) is 0 Å². The Labute approximate surface area is 329 Å². The van der Waals surface area contributed by atoms with Crippen LogP contribution in [0.25, 0.3) is 0 Å². The fourth-order valence-corrected chi connectivity index (χ4v) is 6.70. The Morgan fingerprint density at radius 3 is 1.58 bits per heavy atom. The van der Waals surface area contributed by atoms with Crippen molar-refractivity contribution in [2.75, 3.05) is 32.8 Å². The van der Waals surface area contributed by atoms with Crippen LogP contribution in [-0.2, 0) is 49.3 Å². The SMILES string of the molecule is C[C@@H]1O[C@@H](OCCNC(=O)C2C(C(=O)NCCCCCC(=O)NC(=O)[C@@H](N)Cc3ccccc3)C2C(=O)NCCO[C@@H]2O[C@@H](C)[C@@H](O)[C@@H](O)[C@@H]2O)[C@@H](O)[C@H](O)[C@@H]1O. The topological polar surface area (TPSA) is 318 Å². The Balaban J connectivity index is 1.21. The number of nitrogens with one attached hydrogen (secondary N) is 4. The molecule has 3 aliphatic rings. The normalized spacial score (nSPS) is 32.8. The number of carbonyl (C=O) groups excluding carboxylic acids is 5. The highest BCUT2D eigenvalue weighted by molar-refractivity contribution is 6.02. The van der Waals surface area contributed by atoms with Gasteiger partial charge in [-0.2, -0.15) is 0 Å². The molecule has 57 heavy (non-hydrogen) atoms. The third-order valence-electron chi connectivity index (χ3n) is 10.2. The van der Waals surface area contributed by atoms with Crippen LogP contribution in [-0.4, -0.2) is 160 Å². The number of benzene rings is 1. The first-order chi connectivity index (χ1) is 27.1. The van der Waals surface area contributed by atoms with Crippen LogP contribution >= 0.6 is 0 Å². The minimum absolute atomic E-state index is 0.0685. The molecular formula is C37H57N5O15. The number of amides is 5. The van der Waals surface area contributed by atoms with Crippen LogP contribution in [0, 0.1) is 17.8 Å². The first-order valence-corrected chi connectivity index (χ1v) is 19.2. The second-order valence-electron chi connectivity index (χ2n) is 14.6. The van der Waals surface area contributed by atoms with E-state index in [1.807, 2.05) is 30.3 Å². The van der Waals surface area contributed by atoms with E-state index in [2.05, 4.69) is 21.3 Å². The van der Waals surface area contributed by atoms with Gasteiger partial charge in [-0.05, 0) is 38.7 Å². The Morgan fingerprint density at radius 1 is 0.649 bits per heavy atom. The molecule has 3 fully saturated rings. The number of hydrogen-bond donors (Lipinski definition) is 11. The molecule has 2 unspecified atom stereocenters. The number of nitrogens with two attached hydrogens (primary N) is 1. The lowest BCUT2D eigenvalue weighted by Gasteiger charge is -2.38. The molecule has 0 bridgehead atoms. The fraction of sp³-hybridized carbons (Fsp3) is 0.703. The molecule has 1 aromatic rings. The number of aliphatic hydroxyl groups excluding tert-OH is 6. The zero-order valence-electron chi connectivity index (χ0n) is 32.0. The average molecular weight is 812 g/mol. The Bertz CT molecular complexity index is 1430. The summed E-state index contributed by atoms with van der Waals surface area (Å²) in [6, 6.07) is 8.29. The molecule has 2 aliphatic heterocycles. The summed E-state index contributed by atoms with van der Waals surface area (Å²) in [7, 11) is 0. The molecule has 320 valence electrons. The Morgan fingerprint density at radius 2 is 1.11 bits per heavy atom. The lowest BCUT2D eigenvalue weighted by Crippen LogP contribution is -2.57. The van der Waals surface area contributed by atoms with E-state index in [4.69, 9.17) is 24.7 Å². The summed E-state index contributed by atoms with van der Waals surface area (Å²) in [5, 5.41) is 70.2. The van der Waals surface area contributed by atoms with Crippen molar-refractivity contribution in [3.8, 4) is 0 Å². The molecule has 2 saturated heterocycles. The standard InChI is InChI=1S/C37H57N5O15/c1-18-26(44)28(46)30(48)36(56-18)54-15-13-40-34(52)24-23(25(24)35(53)41-14-16-55-37-31(49)29(47)27(45)19(2)57-37)33(51)39-12-8-4-7-11-22(43)42-32(50)21(38)17-20-9-5-3-6-10-20/h3,5-6,9-10,18-19,21,23-31,36-37,44-49H,4,7-8,11-17,38H2,1-2H3,(H,39,51)(H,40,52)(H,41,53)(H,42,43,50)/t18-,19-,21-,23?,24?,25?,26+,27+,28+,29+,30-,31-,36+,37+/m0/s1. The molecule has 0 spiro atoms. The van der Waals surface area contributed by atoms with E-state index in [1.165, 1.54) is 13.8 Å². The van der Waals surface area contributed by atoms with Gasteiger partial charge in [-0.25, -0.2) is 0 Å². The molecule has 1 aliphatic carbocycles. The summed E-state index contributed by atoms with van der Waals surface area (Å²) in [5.41, 5.74) is 6.80. The predicted molar refractivity (Wildman–Crippen MR) is 196 cm³/mol. The van der Waals surface area contributed by atoms with E-state index < -0.39 is 115 Å². The average Bonchev–Trinajstić information content (AvgIpc) is 3.95. The van der Waals surface area contributed by atoms with Crippen molar-refractivity contribution in [2.45, 2.75) is 113 Å². The summed E-state index contributed by atoms with van der Waals surface area (Å²) in [6.07, 6.45) is -11.1. The largest absolute Gasteiger partial charge is 0.388 e. The molecule has 0 aromatic heterocycles. The second kappa shape index (κ2) is 21.9. The van der Waals surface area contributed by atoms with Gasteiger partial charge in [0.05, 0.1) is 49.2 Å². The van der Waals surface area contributed by atoms with E-state index in [1.54, 1.807) is 0 Å². The number of aliphatic hydroxyl groups is 6. The van der Waals surface area contributed by atoms with Crippen molar-refractivity contribution < 1.29 is 73.6 Å². The molecule has 5 amide bonds. The number of hydrogen-bond acceptors (Lipinski definition) is 16. The highest BCUT2D eigenvalue weighted by Gasteiger charge is 2.62. The molecule has 1 saturated carbocycles. The molecule has 13 atom stereocenters. The Kier molecular flexibility index (Phi) is 17.7. The smallest absolute Gasteiger partial charge is 0.243 e. The van der Waals surface area contributed by atoms with E-state index in [0.717, 1.165) is 5.56 Å². The van der Waals surface area contributed by atoms with Crippen molar-refractivity contribution in [1.29, 1.82) is 0 Å². The van der Waals surface area contributed by atoms with Gasteiger partial charge in [0.15, 0.2) is 12.6 Å². The van der Waals surface area contributed by atoms with Crippen LogP contribution in [0.5, 0.6) is 0 Å². The lowest BCUT2D eigenvalue weighted by molar-refractivity contribution is -0.292. The Hall–Kier alpha value is -3.67. The summed E-state index contributed by atoms with van der Waals surface area (Å²) in [5.74, 6) is -5.93. The molecule has 20 nitrogen and oxygen atoms in total. The fourth-order valence-electron chi connectivity index (χ4n) is 6.70. The summed E-state index contributed by atoms with van der Waals surface area (Å²) in [4.78, 5) is 64.2. The zero-order valence-corrected chi connectivity index (χ0v) is 32.0. The van der Waals surface area contributed by atoms with Crippen LogP contribution in [0.15, 0.2) is 30.3 Å². The van der Waals surface area contributed by atoms with Crippen LogP contribution < -0.4 is 27.0 Å². The lowest BCUT2D eigenvalue weighted by atomic mass is 10.0. The quantitative estimate of drug-likeness (QED) is 0.0555. The van der Waals surface area contributed by atoms with Crippen molar-refractivity contribution >= 4 is 29.5 Å². The van der Waals surface area contributed by atoms with Gasteiger partial charge in [-0.15, -0.1) is 0 Å². The first-order valence-electron chi connectivity index (χ1n) is 19.2. The number of carbonyl (C=O) groups is 5.